The number of carbonyl (C=O) groups excluding carboxylic acids is 1. The molecule has 2 aromatic rings. The molecule has 0 radical (unpaired) electrons. The van der Waals surface area contributed by atoms with Crippen molar-refractivity contribution in [3.63, 3.8) is 0 Å². The van der Waals surface area contributed by atoms with Crippen molar-refractivity contribution in [2.45, 2.75) is 50.2 Å². The Morgan fingerprint density at radius 1 is 1.04 bits per heavy atom. The van der Waals surface area contributed by atoms with Crippen molar-refractivity contribution in [3.8, 4) is 5.75 Å². The van der Waals surface area contributed by atoms with Gasteiger partial charge in [0, 0.05) is 16.7 Å². The summed E-state index contributed by atoms with van der Waals surface area (Å²) < 4.78 is 6.05. The lowest BCUT2D eigenvalue weighted by atomic mass is 9.85. The van der Waals surface area contributed by atoms with E-state index in [0.717, 1.165) is 11.1 Å². The Morgan fingerprint density at radius 2 is 1.72 bits per heavy atom. The minimum Gasteiger partial charge on any atom is -0.455 e. The minimum atomic E-state index is -1.87. The van der Waals surface area contributed by atoms with E-state index >= 15 is 0 Å². The van der Waals surface area contributed by atoms with E-state index in [1.165, 1.54) is 0 Å². The van der Waals surface area contributed by atoms with E-state index in [1.807, 2.05) is 6.07 Å². The molecule has 2 atom stereocenters. The molecule has 0 bridgehead atoms. The first-order valence-corrected chi connectivity index (χ1v) is 9.02. The molecule has 0 spiro atoms. The third-order valence-corrected chi connectivity index (χ3v) is 6.00. The number of ether oxygens (including phenoxy) is 1. The smallest absolute Gasteiger partial charge is 0.266 e. The molecule has 0 aromatic heterocycles. The van der Waals surface area contributed by atoms with Crippen LogP contribution in [0.25, 0.3) is 0 Å². The maximum absolute atomic E-state index is 13.2. The lowest BCUT2D eigenvalue weighted by Gasteiger charge is -2.28. The molecule has 2 aromatic carbocycles. The van der Waals surface area contributed by atoms with E-state index < -0.39 is 10.7 Å². The van der Waals surface area contributed by atoms with Gasteiger partial charge in [-0.05, 0) is 29.0 Å². The van der Waals surface area contributed by atoms with Gasteiger partial charge in [0.25, 0.3) is 5.79 Å². The first-order chi connectivity index (χ1) is 11.7. The highest BCUT2D eigenvalue weighted by molar-refractivity contribution is 6.41. The summed E-state index contributed by atoms with van der Waals surface area (Å²) in [4.78, 5) is 11.5. The zero-order valence-corrected chi connectivity index (χ0v) is 15.5. The van der Waals surface area contributed by atoms with Crippen molar-refractivity contribution in [2.75, 3.05) is 0 Å². The van der Waals surface area contributed by atoms with Crippen LogP contribution in [-0.2, 0) is 10.7 Å². The van der Waals surface area contributed by atoms with E-state index in [2.05, 4.69) is 33.8 Å². The van der Waals surface area contributed by atoms with Gasteiger partial charge >= 0.3 is 0 Å². The van der Waals surface area contributed by atoms with Crippen LogP contribution in [0.1, 0.15) is 72.1 Å². The lowest BCUT2D eigenvalue weighted by molar-refractivity contribution is -0.144. The fraction of sp³-hybridized carbons (Fsp3) is 0.381. The van der Waals surface area contributed by atoms with E-state index in [-0.39, 0.29) is 17.6 Å². The Labute approximate surface area is 152 Å². The van der Waals surface area contributed by atoms with Crippen molar-refractivity contribution in [3.05, 3.63) is 64.2 Å². The van der Waals surface area contributed by atoms with Gasteiger partial charge < -0.3 is 9.84 Å². The molecule has 0 fully saturated rings. The van der Waals surface area contributed by atoms with Crippen molar-refractivity contribution >= 4 is 17.4 Å². The quantitative estimate of drug-likeness (QED) is 0.786. The van der Waals surface area contributed by atoms with Crippen LogP contribution >= 0.6 is 11.6 Å². The second-order valence-corrected chi connectivity index (χ2v) is 8.14. The fourth-order valence-corrected chi connectivity index (χ4v) is 4.27. The Balaban J connectivity index is 2.04. The lowest BCUT2D eigenvalue weighted by Crippen LogP contribution is -2.44. The summed E-state index contributed by atoms with van der Waals surface area (Å²) >= 11 is 6.88. The third-order valence-electron chi connectivity index (χ3n) is 5.37. The second kappa shape index (κ2) is 5.09. The van der Waals surface area contributed by atoms with Gasteiger partial charge in [-0.25, -0.2) is 0 Å². The number of Topliss-reactive ketones (excluding diaryl/α,β-unsaturated/α-hetero) is 1. The van der Waals surface area contributed by atoms with Gasteiger partial charge in [0.15, 0.2) is 5.78 Å². The number of rotatable bonds is 2. The highest BCUT2D eigenvalue weighted by Crippen LogP contribution is 2.63. The largest absolute Gasteiger partial charge is 0.455 e. The molecule has 0 saturated heterocycles. The van der Waals surface area contributed by atoms with Gasteiger partial charge in [0.1, 0.15) is 5.75 Å². The molecule has 3 nitrogen and oxygen atoms in total. The standard InChI is InChI=1S/C21H21ClO3/c1-11(2)13-9-15(12(3)4)18-17(10-13)20(22)19(23)14-7-5-6-8-16(14)21(20,24)25-18/h5-12,24H,1-4H3. The Morgan fingerprint density at radius 3 is 2.36 bits per heavy atom. The average Bonchev–Trinajstić information content (AvgIpc) is 2.91. The van der Waals surface area contributed by atoms with Crippen LogP contribution in [0.3, 0.4) is 0 Å². The molecule has 0 amide bonds. The Hall–Kier alpha value is -1.84. The molecule has 2 aliphatic rings. The highest BCUT2D eigenvalue weighted by Gasteiger charge is 2.70. The molecule has 4 rings (SSSR count). The number of halogens is 1. The summed E-state index contributed by atoms with van der Waals surface area (Å²) in [6.07, 6.45) is 0. The SMILES string of the molecule is CC(C)c1cc(C(C)C)c2c(c1)C1(Cl)C(=O)c3ccccc3C1(O)O2. The minimum absolute atomic E-state index is 0.181. The maximum Gasteiger partial charge on any atom is 0.266 e. The van der Waals surface area contributed by atoms with Crippen LogP contribution in [0.4, 0.5) is 0 Å². The molecule has 2 unspecified atom stereocenters. The van der Waals surface area contributed by atoms with Crippen LogP contribution in [0.5, 0.6) is 5.75 Å². The summed E-state index contributed by atoms with van der Waals surface area (Å²) in [6, 6.07) is 11.0. The van der Waals surface area contributed by atoms with Gasteiger partial charge in [-0.15, -0.1) is 0 Å². The number of aliphatic hydroxyl groups is 1. The molecule has 0 saturated carbocycles. The number of ketones is 1. The molecule has 1 aliphatic carbocycles. The maximum atomic E-state index is 13.2. The summed E-state index contributed by atoms with van der Waals surface area (Å²) in [5.74, 6) is -1.18. The number of fused-ring (bicyclic) bond motifs is 5. The van der Waals surface area contributed by atoms with Crippen molar-refractivity contribution in [2.24, 2.45) is 0 Å². The normalized spacial score (nSPS) is 26.6. The monoisotopic (exact) mass is 356 g/mol. The number of carbonyl (C=O) groups is 1. The topological polar surface area (TPSA) is 46.5 Å². The fourth-order valence-electron chi connectivity index (χ4n) is 3.89. The van der Waals surface area contributed by atoms with Crippen molar-refractivity contribution < 1.29 is 14.6 Å². The molecule has 1 heterocycles. The molecular weight excluding hydrogens is 336 g/mol. The summed E-state index contributed by atoms with van der Waals surface area (Å²) in [5, 5.41) is 11.4. The van der Waals surface area contributed by atoms with Crippen molar-refractivity contribution in [1.82, 2.24) is 0 Å². The zero-order chi connectivity index (χ0) is 18.1. The second-order valence-electron chi connectivity index (χ2n) is 7.58. The molecule has 4 heteroatoms. The van der Waals surface area contributed by atoms with Gasteiger partial charge in [-0.2, -0.15) is 0 Å². The van der Waals surface area contributed by atoms with E-state index in [9.17, 15) is 9.90 Å². The van der Waals surface area contributed by atoms with E-state index in [1.54, 1.807) is 24.3 Å². The third kappa shape index (κ3) is 1.88. The van der Waals surface area contributed by atoms with Gasteiger partial charge in [0.2, 0.25) is 4.87 Å². The van der Waals surface area contributed by atoms with Gasteiger partial charge in [-0.3, -0.25) is 4.79 Å². The zero-order valence-electron chi connectivity index (χ0n) is 14.8. The van der Waals surface area contributed by atoms with E-state index in [0.29, 0.717) is 22.4 Å². The molecule has 1 N–H and O–H groups in total. The van der Waals surface area contributed by atoms with Crippen LogP contribution in [0.2, 0.25) is 0 Å². The highest BCUT2D eigenvalue weighted by atomic mass is 35.5. The van der Waals surface area contributed by atoms with Crippen LogP contribution < -0.4 is 4.74 Å². The van der Waals surface area contributed by atoms with Gasteiger partial charge in [-0.1, -0.05) is 69.6 Å². The number of hydrogen-bond acceptors (Lipinski definition) is 3. The van der Waals surface area contributed by atoms with E-state index in [4.69, 9.17) is 16.3 Å². The Kier molecular flexibility index (Phi) is 3.38. The number of benzene rings is 2. The summed E-state index contributed by atoms with van der Waals surface area (Å²) in [5.41, 5.74) is 3.49. The first kappa shape index (κ1) is 16.6. The molecule has 130 valence electrons. The molecule has 25 heavy (non-hydrogen) atoms. The summed E-state index contributed by atoms with van der Waals surface area (Å²) in [7, 11) is 0. The predicted molar refractivity (Wildman–Crippen MR) is 97.4 cm³/mol. The van der Waals surface area contributed by atoms with Crippen LogP contribution in [-0.4, -0.2) is 10.9 Å². The van der Waals surface area contributed by atoms with Crippen LogP contribution in [0.15, 0.2) is 36.4 Å². The van der Waals surface area contributed by atoms with Crippen LogP contribution in [0, 0.1) is 0 Å². The summed E-state index contributed by atoms with van der Waals surface area (Å²) in [6.45, 7) is 8.33. The van der Waals surface area contributed by atoms with Gasteiger partial charge in [0.05, 0.1) is 0 Å². The average molecular weight is 357 g/mol. The molecule has 1 aliphatic heterocycles. The first-order valence-electron chi connectivity index (χ1n) is 8.64. The number of alkyl halides is 1. The Bertz CT molecular complexity index is 902. The predicted octanol–water partition coefficient (Wildman–Crippen LogP) is 4.80. The molecular formula is C21H21ClO3. The number of hydrogen-bond donors (Lipinski definition) is 1. The van der Waals surface area contributed by atoms with Crippen molar-refractivity contribution in [1.29, 1.82) is 0 Å².